The van der Waals surface area contributed by atoms with Gasteiger partial charge in [-0.1, -0.05) is 43.6 Å². The number of esters is 1. The highest BCUT2D eigenvalue weighted by atomic mass is 16.5. The van der Waals surface area contributed by atoms with Gasteiger partial charge in [0.1, 0.15) is 0 Å². The lowest BCUT2D eigenvalue weighted by molar-refractivity contribution is -0.141. The van der Waals surface area contributed by atoms with Gasteiger partial charge in [0.05, 0.1) is 6.61 Å². The molecule has 0 aliphatic carbocycles. The van der Waals surface area contributed by atoms with Crippen LogP contribution in [0.15, 0.2) is 24.3 Å². The van der Waals surface area contributed by atoms with Crippen molar-refractivity contribution in [3.63, 3.8) is 0 Å². The summed E-state index contributed by atoms with van der Waals surface area (Å²) < 4.78 is 4.86. The lowest BCUT2D eigenvalue weighted by Crippen LogP contribution is -1.99. The molecule has 0 aromatic rings. The third-order valence-electron chi connectivity index (χ3n) is 2.26. The fourth-order valence-electron chi connectivity index (χ4n) is 1.40. The van der Waals surface area contributed by atoms with Gasteiger partial charge in [0, 0.05) is 6.92 Å². The average molecular weight is 224 g/mol. The molecule has 0 atom stereocenters. The van der Waals surface area contributed by atoms with Crippen LogP contribution in [-0.2, 0) is 9.53 Å². The first-order valence-corrected chi connectivity index (χ1v) is 6.18. The van der Waals surface area contributed by atoms with E-state index in [9.17, 15) is 4.79 Å². The predicted molar refractivity (Wildman–Crippen MR) is 68.3 cm³/mol. The third-order valence-corrected chi connectivity index (χ3v) is 2.26. The fourth-order valence-corrected chi connectivity index (χ4v) is 1.40. The van der Waals surface area contributed by atoms with Crippen molar-refractivity contribution < 1.29 is 9.53 Å². The van der Waals surface area contributed by atoms with Gasteiger partial charge in [0.25, 0.3) is 0 Å². The summed E-state index contributed by atoms with van der Waals surface area (Å²) in [5.74, 6) is -0.172. The van der Waals surface area contributed by atoms with Crippen LogP contribution in [-0.4, -0.2) is 12.6 Å². The Morgan fingerprint density at radius 3 is 2.44 bits per heavy atom. The van der Waals surface area contributed by atoms with E-state index in [1.807, 2.05) is 13.0 Å². The quantitative estimate of drug-likeness (QED) is 0.336. The molecule has 0 bridgehead atoms. The van der Waals surface area contributed by atoms with Crippen LogP contribution in [0.3, 0.4) is 0 Å². The maximum atomic E-state index is 10.5. The maximum absolute atomic E-state index is 10.5. The number of carbonyl (C=O) groups is 1. The normalized spacial score (nSPS) is 11.4. The van der Waals surface area contributed by atoms with Crippen LogP contribution in [0.25, 0.3) is 0 Å². The Morgan fingerprint density at radius 1 is 1.06 bits per heavy atom. The second-order valence-corrected chi connectivity index (χ2v) is 3.85. The van der Waals surface area contributed by atoms with Crippen LogP contribution < -0.4 is 0 Å². The molecular formula is C14H24O2. The predicted octanol–water partition coefficient (Wildman–Crippen LogP) is 4.02. The first-order chi connectivity index (χ1) is 7.77. The molecule has 0 N–H and O–H groups in total. The van der Waals surface area contributed by atoms with E-state index in [4.69, 9.17) is 4.74 Å². The second kappa shape index (κ2) is 12.0. The first kappa shape index (κ1) is 14.9. The molecule has 16 heavy (non-hydrogen) atoms. The number of hydrogen-bond donors (Lipinski definition) is 0. The SMILES string of the molecule is C/C=C/C=CCCCCCCCOC(C)=O. The van der Waals surface area contributed by atoms with Crippen LogP contribution in [0.1, 0.15) is 52.4 Å². The fraction of sp³-hybridized carbons (Fsp3) is 0.643. The molecule has 0 aromatic heterocycles. The smallest absolute Gasteiger partial charge is 0.302 e. The first-order valence-electron chi connectivity index (χ1n) is 6.18. The van der Waals surface area contributed by atoms with Crippen molar-refractivity contribution in [2.75, 3.05) is 6.61 Å². The molecule has 0 rings (SSSR count). The third kappa shape index (κ3) is 12.9. The van der Waals surface area contributed by atoms with Crippen LogP contribution in [0, 0.1) is 0 Å². The van der Waals surface area contributed by atoms with Crippen molar-refractivity contribution in [1.82, 2.24) is 0 Å². The van der Waals surface area contributed by atoms with E-state index in [0.29, 0.717) is 6.61 Å². The summed E-state index contributed by atoms with van der Waals surface area (Å²) in [4.78, 5) is 10.5. The van der Waals surface area contributed by atoms with Crippen molar-refractivity contribution in [2.24, 2.45) is 0 Å². The van der Waals surface area contributed by atoms with Crippen molar-refractivity contribution in [3.8, 4) is 0 Å². The molecule has 92 valence electrons. The van der Waals surface area contributed by atoms with Gasteiger partial charge in [-0.2, -0.15) is 0 Å². The van der Waals surface area contributed by atoms with E-state index in [1.54, 1.807) is 0 Å². The van der Waals surface area contributed by atoms with Crippen LogP contribution in [0.4, 0.5) is 0 Å². The molecule has 0 heterocycles. The van der Waals surface area contributed by atoms with Gasteiger partial charge in [-0.05, 0) is 26.2 Å². The Bertz CT molecular complexity index is 217. The molecule has 2 heteroatoms. The monoisotopic (exact) mass is 224 g/mol. The summed E-state index contributed by atoms with van der Waals surface area (Å²) in [6, 6.07) is 0. The Labute approximate surface area is 99.4 Å². The highest BCUT2D eigenvalue weighted by Gasteiger charge is 1.93. The van der Waals surface area contributed by atoms with Gasteiger partial charge in [-0.25, -0.2) is 0 Å². The summed E-state index contributed by atoms with van der Waals surface area (Å²) in [6.45, 7) is 4.06. The van der Waals surface area contributed by atoms with E-state index < -0.39 is 0 Å². The lowest BCUT2D eigenvalue weighted by Gasteiger charge is -2.01. The molecular weight excluding hydrogens is 200 g/mol. The maximum Gasteiger partial charge on any atom is 0.302 e. The summed E-state index contributed by atoms with van der Waals surface area (Å²) in [7, 11) is 0. The summed E-state index contributed by atoms with van der Waals surface area (Å²) in [5.41, 5.74) is 0. The van der Waals surface area contributed by atoms with Gasteiger partial charge in [-0.15, -0.1) is 0 Å². The summed E-state index contributed by atoms with van der Waals surface area (Å²) in [5, 5.41) is 0. The second-order valence-electron chi connectivity index (χ2n) is 3.85. The molecule has 0 fully saturated rings. The van der Waals surface area contributed by atoms with Gasteiger partial charge in [0.15, 0.2) is 0 Å². The molecule has 0 unspecified atom stereocenters. The largest absolute Gasteiger partial charge is 0.466 e. The van der Waals surface area contributed by atoms with Crippen LogP contribution in [0.5, 0.6) is 0 Å². The lowest BCUT2D eigenvalue weighted by atomic mass is 10.1. The minimum Gasteiger partial charge on any atom is -0.466 e. The number of carbonyl (C=O) groups excluding carboxylic acids is 1. The highest BCUT2D eigenvalue weighted by molar-refractivity contribution is 5.65. The minimum absolute atomic E-state index is 0.172. The number of hydrogen-bond acceptors (Lipinski definition) is 2. The van der Waals surface area contributed by atoms with Gasteiger partial charge >= 0.3 is 5.97 Å². The number of rotatable bonds is 9. The van der Waals surface area contributed by atoms with E-state index >= 15 is 0 Å². The Kier molecular flexibility index (Phi) is 11.2. The van der Waals surface area contributed by atoms with Gasteiger partial charge in [0.2, 0.25) is 0 Å². The summed E-state index contributed by atoms with van der Waals surface area (Å²) >= 11 is 0. The molecule has 0 aromatic carbocycles. The van der Waals surface area contributed by atoms with Gasteiger partial charge < -0.3 is 4.74 Å². The Hall–Kier alpha value is -1.05. The zero-order chi connectivity index (χ0) is 12.1. The van der Waals surface area contributed by atoms with Crippen LogP contribution in [0.2, 0.25) is 0 Å². The topological polar surface area (TPSA) is 26.3 Å². The van der Waals surface area contributed by atoms with E-state index in [1.165, 1.54) is 26.2 Å². The van der Waals surface area contributed by atoms with E-state index in [-0.39, 0.29) is 5.97 Å². The minimum atomic E-state index is -0.172. The molecule has 0 radical (unpaired) electrons. The molecule has 0 saturated carbocycles. The number of ether oxygens (including phenoxy) is 1. The Balaban J connectivity index is 3.07. The molecule has 0 amide bonds. The van der Waals surface area contributed by atoms with Crippen molar-refractivity contribution in [3.05, 3.63) is 24.3 Å². The number of unbranched alkanes of at least 4 members (excludes halogenated alkanes) is 5. The molecule has 0 aliphatic rings. The van der Waals surface area contributed by atoms with Gasteiger partial charge in [-0.3, -0.25) is 4.79 Å². The zero-order valence-corrected chi connectivity index (χ0v) is 10.6. The Morgan fingerprint density at radius 2 is 1.75 bits per heavy atom. The molecule has 2 nitrogen and oxygen atoms in total. The molecule has 0 aliphatic heterocycles. The molecule has 0 saturated heterocycles. The number of allylic oxidation sites excluding steroid dienone is 4. The standard InChI is InChI=1S/C14H24O2/c1-3-4-5-6-7-8-9-10-11-12-13-16-14(2)15/h3-6H,7-13H2,1-2H3/b4-3+,6-5?. The highest BCUT2D eigenvalue weighted by Crippen LogP contribution is 2.06. The summed E-state index contributed by atoms with van der Waals surface area (Å²) in [6.07, 6.45) is 15.5. The van der Waals surface area contributed by atoms with Crippen molar-refractivity contribution >= 4 is 5.97 Å². The van der Waals surface area contributed by atoms with Crippen LogP contribution >= 0.6 is 0 Å². The van der Waals surface area contributed by atoms with Crippen molar-refractivity contribution in [1.29, 1.82) is 0 Å². The molecule has 0 spiro atoms. The average Bonchev–Trinajstić information content (AvgIpc) is 2.25. The van der Waals surface area contributed by atoms with Crippen molar-refractivity contribution in [2.45, 2.75) is 52.4 Å². The van der Waals surface area contributed by atoms with E-state index in [2.05, 4.69) is 18.2 Å². The zero-order valence-electron chi connectivity index (χ0n) is 10.6. The van der Waals surface area contributed by atoms with E-state index in [0.717, 1.165) is 19.3 Å².